The topological polar surface area (TPSA) is 79.8 Å². The minimum absolute atomic E-state index is 0.403. The number of rotatable bonds is 6. The van der Waals surface area contributed by atoms with Gasteiger partial charge in [-0.1, -0.05) is 41.4 Å². The van der Waals surface area contributed by atoms with Crippen LogP contribution in [0.3, 0.4) is 0 Å². The minimum Gasteiger partial charge on any atom is -0.489 e. The Balaban J connectivity index is 1.46. The lowest BCUT2D eigenvalue weighted by atomic mass is 10.2. The van der Waals surface area contributed by atoms with E-state index in [0.717, 1.165) is 16.7 Å². The van der Waals surface area contributed by atoms with Gasteiger partial charge in [0, 0.05) is 10.7 Å². The number of ether oxygens (including phenoxy) is 1. The van der Waals surface area contributed by atoms with Crippen LogP contribution in [0, 0.1) is 6.92 Å². The molecule has 3 aromatic carbocycles. The normalized spacial score (nSPS) is 10.6. The Morgan fingerprint density at radius 2 is 1.73 bits per heavy atom. The largest absolute Gasteiger partial charge is 0.489 e. The smallest absolute Gasteiger partial charge is 0.329 e. The van der Waals surface area contributed by atoms with Gasteiger partial charge in [0.25, 0.3) is 0 Å². The van der Waals surface area contributed by atoms with Crippen LogP contribution in [-0.4, -0.2) is 18.0 Å². The van der Waals surface area contributed by atoms with Gasteiger partial charge in [-0.3, -0.25) is 9.59 Å². The third-order valence-electron chi connectivity index (χ3n) is 4.07. The lowest BCUT2D eigenvalue weighted by Crippen LogP contribution is -2.32. The van der Waals surface area contributed by atoms with Gasteiger partial charge in [0.15, 0.2) is 0 Å². The van der Waals surface area contributed by atoms with Crippen LogP contribution in [-0.2, 0) is 16.2 Å². The molecule has 3 aromatic rings. The molecule has 7 heteroatoms. The summed E-state index contributed by atoms with van der Waals surface area (Å²) in [4.78, 5) is 23.7. The van der Waals surface area contributed by atoms with Crippen LogP contribution in [0.15, 0.2) is 77.9 Å². The third kappa shape index (κ3) is 6.46. The van der Waals surface area contributed by atoms with Crippen molar-refractivity contribution >= 4 is 35.3 Å². The number of anilines is 1. The Bertz CT molecular complexity index is 1050. The van der Waals surface area contributed by atoms with Crippen LogP contribution in [0.4, 0.5) is 5.69 Å². The van der Waals surface area contributed by atoms with Gasteiger partial charge in [0.1, 0.15) is 12.4 Å². The second kappa shape index (κ2) is 10.2. The predicted molar refractivity (Wildman–Crippen MR) is 118 cm³/mol. The quantitative estimate of drug-likeness (QED) is 0.353. The number of hydrogen-bond donors (Lipinski definition) is 2. The molecular weight excluding hydrogens is 402 g/mol. The number of benzene rings is 3. The summed E-state index contributed by atoms with van der Waals surface area (Å²) < 4.78 is 5.71. The second-order valence-corrected chi connectivity index (χ2v) is 6.94. The SMILES string of the molecule is Cc1ccc(NC(=O)C(=O)N/N=C/c2ccc(OCc3cccc(Cl)c3)cc2)cc1. The Morgan fingerprint density at radius 1 is 1.00 bits per heavy atom. The fourth-order valence-electron chi connectivity index (χ4n) is 2.48. The zero-order valence-corrected chi connectivity index (χ0v) is 17.0. The first-order chi connectivity index (χ1) is 14.5. The Labute approximate surface area is 179 Å². The number of hydrogen-bond acceptors (Lipinski definition) is 4. The molecule has 0 radical (unpaired) electrons. The van der Waals surface area contributed by atoms with E-state index in [0.29, 0.717) is 23.1 Å². The highest BCUT2D eigenvalue weighted by Crippen LogP contribution is 2.16. The van der Waals surface area contributed by atoms with Crippen molar-refractivity contribution in [3.8, 4) is 5.75 Å². The summed E-state index contributed by atoms with van der Waals surface area (Å²) in [6, 6.07) is 21.7. The average Bonchev–Trinajstić information content (AvgIpc) is 2.75. The maximum atomic E-state index is 11.9. The molecule has 152 valence electrons. The van der Waals surface area contributed by atoms with Crippen LogP contribution in [0.2, 0.25) is 5.02 Å². The van der Waals surface area contributed by atoms with Crippen molar-refractivity contribution in [2.75, 3.05) is 5.32 Å². The molecule has 0 fully saturated rings. The highest BCUT2D eigenvalue weighted by atomic mass is 35.5. The Hall–Kier alpha value is -3.64. The number of hydrazone groups is 1. The zero-order valence-electron chi connectivity index (χ0n) is 16.3. The van der Waals surface area contributed by atoms with Crippen molar-refractivity contribution in [1.29, 1.82) is 0 Å². The number of halogens is 1. The lowest BCUT2D eigenvalue weighted by Gasteiger charge is -2.07. The first-order valence-electron chi connectivity index (χ1n) is 9.18. The van der Waals surface area contributed by atoms with E-state index >= 15 is 0 Å². The van der Waals surface area contributed by atoms with E-state index in [2.05, 4.69) is 15.8 Å². The maximum absolute atomic E-state index is 11.9. The van der Waals surface area contributed by atoms with Gasteiger partial charge < -0.3 is 10.1 Å². The zero-order chi connectivity index (χ0) is 21.3. The van der Waals surface area contributed by atoms with E-state index < -0.39 is 11.8 Å². The van der Waals surface area contributed by atoms with Crippen molar-refractivity contribution in [2.24, 2.45) is 5.10 Å². The van der Waals surface area contributed by atoms with Gasteiger partial charge >= 0.3 is 11.8 Å². The predicted octanol–water partition coefficient (Wildman–Crippen LogP) is 4.32. The number of nitrogens with one attached hydrogen (secondary N) is 2. The third-order valence-corrected chi connectivity index (χ3v) is 4.31. The molecule has 0 aliphatic heterocycles. The van der Waals surface area contributed by atoms with Crippen LogP contribution in [0.25, 0.3) is 0 Å². The number of carbonyl (C=O) groups excluding carboxylic acids is 2. The van der Waals surface area contributed by atoms with Crippen molar-refractivity contribution in [2.45, 2.75) is 13.5 Å². The molecule has 0 spiro atoms. The van der Waals surface area contributed by atoms with Gasteiger partial charge in [-0.25, -0.2) is 5.43 Å². The number of carbonyl (C=O) groups is 2. The highest BCUT2D eigenvalue weighted by molar-refractivity contribution is 6.39. The van der Waals surface area contributed by atoms with Gasteiger partial charge in [0.2, 0.25) is 0 Å². The summed E-state index contributed by atoms with van der Waals surface area (Å²) in [5.41, 5.74) is 5.51. The van der Waals surface area contributed by atoms with Crippen LogP contribution in [0.5, 0.6) is 5.75 Å². The molecule has 0 heterocycles. The average molecular weight is 422 g/mol. The van der Waals surface area contributed by atoms with E-state index in [1.165, 1.54) is 6.21 Å². The monoisotopic (exact) mass is 421 g/mol. The Morgan fingerprint density at radius 3 is 2.43 bits per heavy atom. The first-order valence-corrected chi connectivity index (χ1v) is 9.56. The van der Waals surface area contributed by atoms with Gasteiger partial charge in [-0.2, -0.15) is 5.10 Å². The second-order valence-electron chi connectivity index (χ2n) is 6.51. The summed E-state index contributed by atoms with van der Waals surface area (Å²) in [5, 5.41) is 6.98. The van der Waals surface area contributed by atoms with Gasteiger partial charge in [-0.15, -0.1) is 0 Å². The van der Waals surface area contributed by atoms with Crippen molar-refractivity contribution in [3.63, 3.8) is 0 Å². The molecule has 0 saturated heterocycles. The minimum atomic E-state index is -0.853. The fourth-order valence-corrected chi connectivity index (χ4v) is 2.70. The van der Waals surface area contributed by atoms with Gasteiger partial charge in [-0.05, 0) is 66.6 Å². The molecule has 6 nitrogen and oxygen atoms in total. The van der Waals surface area contributed by atoms with E-state index in [9.17, 15) is 9.59 Å². The summed E-state index contributed by atoms with van der Waals surface area (Å²) in [6.07, 6.45) is 1.44. The van der Waals surface area contributed by atoms with Gasteiger partial charge in [0.05, 0.1) is 6.21 Å². The van der Waals surface area contributed by atoms with E-state index in [1.807, 2.05) is 43.3 Å². The maximum Gasteiger partial charge on any atom is 0.329 e. The van der Waals surface area contributed by atoms with Crippen LogP contribution < -0.4 is 15.5 Å². The summed E-state index contributed by atoms with van der Waals surface area (Å²) in [6.45, 7) is 2.34. The molecule has 0 aromatic heterocycles. The number of nitrogens with zero attached hydrogens (tertiary/aromatic N) is 1. The molecule has 0 bridgehead atoms. The molecule has 0 unspecified atom stereocenters. The summed E-state index contributed by atoms with van der Waals surface area (Å²) in [5.74, 6) is -0.956. The van der Waals surface area contributed by atoms with Crippen LogP contribution >= 0.6 is 11.6 Å². The standard InChI is InChI=1S/C23H20ClN3O3/c1-16-5-9-20(10-6-16)26-22(28)23(29)27-25-14-17-7-11-21(12-8-17)30-15-18-3-2-4-19(24)13-18/h2-14H,15H2,1H3,(H,26,28)(H,27,29)/b25-14+. The summed E-state index contributed by atoms with van der Waals surface area (Å²) in [7, 11) is 0. The molecule has 0 atom stereocenters. The van der Waals surface area contributed by atoms with Crippen LogP contribution in [0.1, 0.15) is 16.7 Å². The molecule has 2 N–H and O–H groups in total. The molecule has 30 heavy (non-hydrogen) atoms. The molecule has 0 aliphatic carbocycles. The highest BCUT2D eigenvalue weighted by Gasteiger charge is 2.12. The molecule has 2 amide bonds. The number of amides is 2. The van der Waals surface area contributed by atoms with E-state index in [1.54, 1.807) is 36.4 Å². The first kappa shape index (κ1) is 21.1. The van der Waals surface area contributed by atoms with E-state index in [4.69, 9.17) is 16.3 Å². The molecule has 3 rings (SSSR count). The van der Waals surface area contributed by atoms with Crippen molar-refractivity contribution < 1.29 is 14.3 Å². The molecule has 0 aliphatic rings. The Kier molecular flexibility index (Phi) is 7.19. The lowest BCUT2D eigenvalue weighted by molar-refractivity contribution is -0.136. The van der Waals surface area contributed by atoms with Crippen molar-refractivity contribution in [3.05, 3.63) is 94.5 Å². The fraction of sp³-hybridized carbons (Fsp3) is 0.0870. The van der Waals surface area contributed by atoms with Crippen molar-refractivity contribution in [1.82, 2.24) is 5.43 Å². The van der Waals surface area contributed by atoms with E-state index in [-0.39, 0.29) is 0 Å². The molecular formula is C23H20ClN3O3. The number of aryl methyl sites for hydroxylation is 1. The molecule has 0 saturated carbocycles. The summed E-state index contributed by atoms with van der Waals surface area (Å²) >= 11 is 5.96.